The Bertz CT molecular complexity index is 549. The number of hydrogen-bond acceptors (Lipinski definition) is 2. The van der Waals surface area contributed by atoms with Crippen LogP contribution in [0.2, 0.25) is 19.1 Å². The molecule has 0 saturated carbocycles. The van der Waals surface area contributed by atoms with Gasteiger partial charge in [-0.2, -0.15) is 0 Å². The third kappa shape index (κ3) is 5.32. The van der Waals surface area contributed by atoms with Gasteiger partial charge in [-0.25, -0.2) is 0 Å². The lowest BCUT2D eigenvalue weighted by atomic mass is 10.1. The molecule has 0 fully saturated rings. The highest BCUT2D eigenvalue weighted by Gasteiger charge is 2.19. The van der Waals surface area contributed by atoms with Gasteiger partial charge in [0.05, 0.1) is 6.61 Å². The third-order valence-electron chi connectivity index (χ3n) is 3.96. The van der Waals surface area contributed by atoms with E-state index in [1.807, 2.05) is 13.2 Å². The van der Waals surface area contributed by atoms with E-state index in [9.17, 15) is 0 Å². The topological polar surface area (TPSA) is 18.5 Å². The minimum Gasteiger partial charge on any atom is -0.494 e. The summed E-state index contributed by atoms with van der Waals surface area (Å²) in [5.74, 6) is 0.947. The summed E-state index contributed by atoms with van der Waals surface area (Å²) >= 11 is 0. The summed E-state index contributed by atoms with van der Waals surface area (Å²) in [5, 5.41) is 0. The Balaban J connectivity index is 1.75. The molecular weight excluding hydrogens is 288 g/mol. The van der Waals surface area contributed by atoms with Crippen LogP contribution in [-0.2, 0) is 4.43 Å². The summed E-state index contributed by atoms with van der Waals surface area (Å²) in [6.07, 6.45) is 2.26. The van der Waals surface area contributed by atoms with E-state index in [0.717, 1.165) is 18.8 Å². The van der Waals surface area contributed by atoms with Crippen LogP contribution in [0.1, 0.15) is 12.8 Å². The van der Waals surface area contributed by atoms with Gasteiger partial charge in [0, 0.05) is 7.11 Å². The molecule has 0 aliphatic carbocycles. The first-order chi connectivity index (χ1) is 10.6. The van der Waals surface area contributed by atoms with E-state index in [2.05, 4.69) is 61.6 Å². The first kappa shape index (κ1) is 16.8. The van der Waals surface area contributed by atoms with E-state index in [0.29, 0.717) is 0 Å². The number of benzene rings is 2. The van der Waals surface area contributed by atoms with E-state index in [1.165, 1.54) is 23.6 Å². The summed E-state index contributed by atoms with van der Waals surface area (Å²) in [5.41, 5.74) is 2.46. The van der Waals surface area contributed by atoms with Gasteiger partial charge in [0.15, 0.2) is 8.32 Å². The fourth-order valence-corrected chi connectivity index (χ4v) is 3.62. The van der Waals surface area contributed by atoms with Crippen molar-refractivity contribution in [3.8, 4) is 16.9 Å². The van der Waals surface area contributed by atoms with Crippen LogP contribution in [0.15, 0.2) is 54.6 Å². The van der Waals surface area contributed by atoms with Crippen molar-refractivity contribution in [1.82, 2.24) is 0 Å². The molecule has 0 unspecified atom stereocenters. The molecule has 0 aliphatic heterocycles. The van der Waals surface area contributed by atoms with Crippen molar-refractivity contribution in [2.24, 2.45) is 0 Å². The fraction of sp³-hybridized carbons (Fsp3) is 0.368. The predicted molar refractivity (Wildman–Crippen MR) is 95.9 cm³/mol. The highest BCUT2D eigenvalue weighted by molar-refractivity contribution is 6.71. The maximum atomic E-state index is 5.82. The molecule has 3 heteroatoms. The predicted octanol–water partition coefficient (Wildman–Crippen LogP) is 5.36. The summed E-state index contributed by atoms with van der Waals surface area (Å²) in [6.45, 7) is 5.30. The van der Waals surface area contributed by atoms with Gasteiger partial charge in [-0.1, -0.05) is 48.9 Å². The SMILES string of the molecule is CO[Si](C)(C)CCCCOc1ccc(-c2ccccc2)cc1. The summed E-state index contributed by atoms with van der Waals surface area (Å²) < 4.78 is 11.4. The van der Waals surface area contributed by atoms with Crippen LogP contribution in [0, 0.1) is 0 Å². The Kier molecular flexibility index (Phi) is 6.22. The lowest BCUT2D eigenvalue weighted by Gasteiger charge is -2.19. The average molecular weight is 315 g/mol. The second-order valence-corrected chi connectivity index (χ2v) is 10.6. The van der Waals surface area contributed by atoms with Crippen LogP contribution in [0.3, 0.4) is 0 Å². The third-order valence-corrected chi connectivity index (χ3v) is 6.62. The van der Waals surface area contributed by atoms with Crippen LogP contribution < -0.4 is 4.74 Å². The Labute approximate surface area is 135 Å². The Hall–Kier alpha value is -1.58. The van der Waals surface area contributed by atoms with E-state index >= 15 is 0 Å². The zero-order valence-electron chi connectivity index (χ0n) is 13.8. The van der Waals surface area contributed by atoms with Gasteiger partial charge in [-0.15, -0.1) is 0 Å². The van der Waals surface area contributed by atoms with E-state index in [-0.39, 0.29) is 0 Å². The second-order valence-electron chi connectivity index (χ2n) is 6.16. The molecular formula is C19H26O2Si. The first-order valence-corrected chi connectivity index (χ1v) is 11.1. The molecule has 0 heterocycles. The van der Waals surface area contributed by atoms with Gasteiger partial charge in [0.1, 0.15) is 5.75 Å². The molecule has 0 aromatic heterocycles. The molecule has 0 aliphatic rings. The maximum absolute atomic E-state index is 5.82. The van der Waals surface area contributed by atoms with Gasteiger partial charge in [0.2, 0.25) is 0 Å². The minimum absolute atomic E-state index is 0.777. The van der Waals surface area contributed by atoms with Gasteiger partial charge in [0.25, 0.3) is 0 Å². The molecule has 0 bridgehead atoms. The maximum Gasteiger partial charge on any atom is 0.186 e. The molecule has 0 N–H and O–H groups in total. The summed E-state index contributed by atoms with van der Waals surface area (Å²) in [7, 11) is 0.423. The van der Waals surface area contributed by atoms with Gasteiger partial charge < -0.3 is 9.16 Å². The monoisotopic (exact) mass is 314 g/mol. The molecule has 0 spiro atoms. The Morgan fingerprint density at radius 2 is 1.45 bits per heavy atom. The smallest absolute Gasteiger partial charge is 0.186 e. The average Bonchev–Trinajstić information content (AvgIpc) is 2.56. The van der Waals surface area contributed by atoms with Crippen LogP contribution in [-0.4, -0.2) is 22.0 Å². The molecule has 2 aromatic rings. The molecule has 0 saturated heterocycles. The highest BCUT2D eigenvalue weighted by atomic mass is 28.4. The van der Waals surface area contributed by atoms with Crippen molar-refractivity contribution < 1.29 is 9.16 Å². The van der Waals surface area contributed by atoms with Crippen molar-refractivity contribution in [1.29, 1.82) is 0 Å². The zero-order chi connectivity index (χ0) is 15.8. The standard InChI is InChI=1S/C19H26O2Si/c1-20-22(2,3)16-8-7-15-21-19-13-11-18(12-14-19)17-9-5-4-6-10-17/h4-6,9-14H,7-8,15-16H2,1-3H3. The first-order valence-electron chi connectivity index (χ1n) is 7.94. The van der Waals surface area contributed by atoms with E-state index in [1.54, 1.807) is 0 Å². The summed E-state index contributed by atoms with van der Waals surface area (Å²) in [4.78, 5) is 0. The fourth-order valence-electron chi connectivity index (χ4n) is 2.32. The van der Waals surface area contributed by atoms with Crippen LogP contribution >= 0.6 is 0 Å². The van der Waals surface area contributed by atoms with Crippen molar-refractivity contribution in [3.63, 3.8) is 0 Å². The molecule has 22 heavy (non-hydrogen) atoms. The molecule has 2 nitrogen and oxygen atoms in total. The lowest BCUT2D eigenvalue weighted by molar-refractivity contribution is 0.307. The van der Waals surface area contributed by atoms with Gasteiger partial charge >= 0.3 is 0 Å². The lowest BCUT2D eigenvalue weighted by Crippen LogP contribution is -2.28. The van der Waals surface area contributed by atoms with Crippen molar-refractivity contribution in [3.05, 3.63) is 54.6 Å². The van der Waals surface area contributed by atoms with Gasteiger partial charge in [-0.05, 0) is 48.8 Å². The largest absolute Gasteiger partial charge is 0.494 e. The minimum atomic E-state index is -1.41. The van der Waals surface area contributed by atoms with Crippen molar-refractivity contribution >= 4 is 8.32 Å². The van der Waals surface area contributed by atoms with Crippen molar-refractivity contribution in [2.75, 3.05) is 13.7 Å². The molecule has 0 atom stereocenters. The second kappa shape index (κ2) is 8.16. The van der Waals surface area contributed by atoms with Crippen LogP contribution in [0.25, 0.3) is 11.1 Å². The number of unbranched alkanes of at least 4 members (excludes halogenated alkanes) is 1. The zero-order valence-corrected chi connectivity index (χ0v) is 14.8. The molecule has 0 radical (unpaired) electrons. The quantitative estimate of drug-likeness (QED) is 0.482. The molecule has 2 rings (SSSR count). The van der Waals surface area contributed by atoms with E-state index in [4.69, 9.17) is 9.16 Å². The summed E-state index contributed by atoms with van der Waals surface area (Å²) in [6, 6.07) is 19.9. The van der Waals surface area contributed by atoms with Crippen LogP contribution in [0.5, 0.6) is 5.75 Å². The molecule has 2 aromatic carbocycles. The van der Waals surface area contributed by atoms with Gasteiger partial charge in [-0.3, -0.25) is 0 Å². The number of ether oxygens (including phenoxy) is 1. The normalized spacial score (nSPS) is 11.4. The number of hydrogen-bond donors (Lipinski definition) is 0. The number of rotatable bonds is 8. The molecule has 0 amide bonds. The van der Waals surface area contributed by atoms with Crippen molar-refractivity contribution in [2.45, 2.75) is 32.0 Å². The Morgan fingerprint density at radius 3 is 2.09 bits per heavy atom. The highest BCUT2D eigenvalue weighted by Crippen LogP contribution is 2.22. The van der Waals surface area contributed by atoms with E-state index < -0.39 is 8.32 Å². The molecule has 118 valence electrons. The Morgan fingerprint density at radius 1 is 0.818 bits per heavy atom. The van der Waals surface area contributed by atoms with Crippen LogP contribution in [0.4, 0.5) is 0 Å².